The first kappa shape index (κ1) is 14.9. The molecule has 0 aliphatic carbocycles. The van der Waals surface area contributed by atoms with E-state index in [-0.39, 0.29) is 11.3 Å². The summed E-state index contributed by atoms with van der Waals surface area (Å²) in [7, 11) is 0. The number of hydrogen-bond donors (Lipinski definition) is 0. The van der Waals surface area contributed by atoms with Gasteiger partial charge in [-0.3, -0.25) is 9.69 Å². The van der Waals surface area contributed by atoms with Crippen LogP contribution >= 0.6 is 11.3 Å². The summed E-state index contributed by atoms with van der Waals surface area (Å²) in [5.74, 6) is 0.279. The fourth-order valence-corrected chi connectivity index (χ4v) is 4.48. The van der Waals surface area contributed by atoms with Crippen LogP contribution in [0.3, 0.4) is 0 Å². The number of thiazole rings is 1. The van der Waals surface area contributed by atoms with Crippen molar-refractivity contribution in [2.45, 2.75) is 32.9 Å². The largest absolute Gasteiger partial charge is 0.472 e. The molecule has 2 aromatic heterocycles. The van der Waals surface area contributed by atoms with E-state index in [1.165, 1.54) is 5.56 Å². The molecule has 0 N–H and O–H groups in total. The molecule has 2 saturated heterocycles. The Kier molecular flexibility index (Phi) is 3.73. The summed E-state index contributed by atoms with van der Waals surface area (Å²) in [6.45, 7) is 6.50. The summed E-state index contributed by atoms with van der Waals surface area (Å²) < 4.78 is 5.15. The van der Waals surface area contributed by atoms with Crippen LogP contribution in [-0.4, -0.2) is 40.3 Å². The average Bonchev–Trinajstić information content (AvgIpc) is 3.26. The zero-order valence-corrected chi connectivity index (χ0v) is 14.1. The number of carbonyl (C=O) groups is 1. The maximum Gasteiger partial charge on any atom is 0.223 e. The third-order valence-corrected chi connectivity index (χ3v) is 5.75. The third-order valence-electron chi connectivity index (χ3n) is 4.93. The zero-order chi connectivity index (χ0) is 15.9. The molecule has 2 aliphatic rings. The van der Waals surface area contributed by atoms with Gasteiger partial charge >= 0.3 is 0 Å². The number of hydrogen-bond acceptors (Lipinski definition) is 5. The maximum absolute atomic E-state index is 12.4. The van der Waals surface area contributed by atoms with Gasteiger partial charge in [-0.15, -0.1) is 11.3 Å². The molecule has 1 amide bonds. The quantitative estimate of drug-likeness (QED) is 0.864. The number of nitrogens with zero attached hydrogens (tertiary/aromatic N) is 3. The van der Waals surface area contributed by atoms with E-state index < -0.39 is 0 Å². The molecule has 2 aliphatic heterocycles. The molecule has 4 heterocycles. The molecule has 23 heavy (non-hydrogen) atoms. The molecule has 0 bridgehead atoms. The van der Waals surface area contributed by atoms with Crippen molar-refractivity contribution in [3.8, 4) is 0 Å². The maximum atomic E-state index is 12.4. The smallest absolute Gasteiger partial charge is 0.223 e. The van der Waals surface area contributed by atoms with Gasteiger partial charge in [-0.2, -0.15) is 0 Å². The molecule has 0 aromatic carbocycles. The van der Waals surface area contributed by atoms with Gasteiger partial charge in [-0.05, 0) is 26.0 Å². The minimum absolute atomic E-state index is 0.131. The van der Waals surface area contributed by atoms with Crippen molar-refractivity contribution in [2.75, 3.05) is 19.6 Å². The van der Waals surface area contributed by atoms with Gasteiger partial charge in [-0.1, -0.05) is 0 Å². The third kappa shape index (κ3) is 3.05. The summed E-state index contributed by atoms with van der Waals surface area (Å²) in [5.41, 5.74) is 2.36. The Morgan fingerprint density at radius 2 is 2.30 bits per heavy atom. The predicted octanol–water partition coefficient (Wildman–Crippen LogP) is 2.67. The lowest BCUT2D eigenvalue weighted by Crippen LogP contribution is -2.31. The standard InChI is InChI=1S/C17H21N3O2S/c1-13-18-15(10-23-13)8-20-12-17(6-16(20)21)3-4-19(11-17)7-14-2-5-22-9-14/h2,5,9-10H,3-4,6-8,11-12H2,1H3/t17-/m1/s1. The molecule has 0 unspecified atom stereocenters. The summed E-state index contributed by atoms with van der Waals surface area (Å²) in [5, 5.41) is 3.13. The molecule has 4 rings (SSSR count). The van der Waals surface area contributed by atoms with Crippen molar-refractivity contribution < 1.29 is 9.21 Å². The second-order valence-electron chi connectivity index (χ2n) is 6.88. The van der Waals surface area contributed by atoms with Crippen LogP contribution in [0.25, 0.3) is 0 Å². The molecule has 0 saturated carbocycles. The van der Waals surface area contributed by atoms with E-state index in [4.69, 9.17) is 4.42 Å². The van der Waals surface area contributed by atoms with Gasteiger partial charge in [0.05, 0.1) is 29.8 Å². The Labute approximate surface area is 139 Å². The van der Waals surface area contributed by atoms with Crippen LogP contribution in [0.15, 0.2) is 28.4 Å². The SMILES string of the molecule is Cc1nc(CN2C[C@]3(CCN(Cc4ccoc4)C3)CC2=O)cs1. The Hall–Kier alpha value is -1.66. The Morgan fingerprint density at radius 3 is 3.04 bits per heavy atom. The molecule has 2 aromatic rings. The van der Waals surface area contributed by atoms with E-state index in [0.717, 1.165) is 43.3 Å². The summed E-state index contributed by atoms with van der Waals surface area (Å²) in [6.07, 6.45) is 5.31. The molecule has 5 nitrogen and oxygen atoms in total. The Balaban J connectivity index is 1.39. The Morgan fingerprint density at radius 1 is 1.39 bits per heavy atom. The molecule has 6 heteroatoms. The predicted molar refractivity (Wildman–Crippen MR) is 87.9 cm³/mol. The minimum atomic E-state index is 0.131. The Bertz CT molecular complexity index is 697. The highest BCUT2D eigenvalue weighted by Crippen LogP contribution is 2.41. The highest BCUT2D eigenvalue weighted by Gasteiger charge is 2.47. The summed E-state index contributed by atoms with van der Waals surface area (Å²) >= 11 is 1.65. The van der Waals surface area contributed by atoms with Crippen molar-refractivity contribution in [3.05, 3.63) is 40.2 Å². The van der Waals surface area contributed by atoms with Gasteiger partial charge in [0.25, 0.3) is 0 Å². The van der Waals surface area contributed by atoms with Crippen LogP contribution in [-0.2, 0) is 17.9 Å². The fraction of sp³-hybridized carbons (Fsp3) is 0.529. The zero-order valence-electron chi connectivity index (χ0n) is 13.3. The van der Waals surface area contributed by atoms with E-state index >= 15 is 0 Å². The number of rotatable bonds is 4. The number of amides is 1. The number of carbonyl (C=O) groups excluding carboxylic acids is 1. The normalized spacial score (nSPS) is 25.1. The van der Waals surface area contributed by atoms with Crippen molar-refractivity contribution in [1.82, 2.24) is 14.8 Å². The molecule has 1 atom stereocenters. The number of furan rings is 1. The van der Waals surface area contributed by atoms with Crippen LogP contribution in [0, 0.1) is 12.3 Å². The van der Waals surface area contributed by atoms with Crippen molar-refractivity contribution >= 4 is 17.2 Å². The lowest BCUT2D eigenvalue weighted by Gasteiger charge is -2.23. The van der Waals surface area contributed by atoms with E-state index in [1.54, 1.807) is 17.6 Å². The van der Waals surface area contributed by atoms with Crippen molar-refractivity contribution in [1.29, 1.82) is 0 Å². The van der Waals surface area contributed by atoms with Crippen LogP contribution in [0.2, 0.25) is 0 Å². The fourth-order valence-electron chi connectivity index (χ4n) is 3.88. The van der Waals surface area contributed by atoms with Crippen molar-refractivity contribution in [3.63, 3.8) is 0 Å². The highest BCUT2D eigenvalue weighted by atomic mass is 32.1. The number of aromatic nitrogens is 1. The van der Waals surface area contributed by atoms with Gasteiger partial charge in [0.2, 0.25) is 5.91 Å². The first-order chi connectivity index (χ1) is 11.1. The van der Waals surface area contributed by atoms with Gasteiger partial charge in [0, 0.05) is 42.4 Å². The van der Waals surface area contributed by atoms with Gasteiger partial charge in [-0.25, -0.2) is 4.98 Å². The molecule has 2 fully saturated rings. The molecular weight excluding hydrogens is 310 g/mol. The summed E-state index contributed by atoms with van der Waals surface area (Å²) in [6, 6.07) is 2.02. The topological polar surface area (TPSA) is 49.6 Å². The van der Waals surface area contributed by atoms with Gasteiger partial charge in [0.1, 0.15) is 0 Å². The van der Waals surface area contributed by atoms with Gasteiger partial charge in [0.15, 0.2) is 0 Å². The van der Waals surface area contributed by atoms with E-state index in [0.29, 0.717) is 13.0 Å². The van der Waals surface area contributed by atoms with E-state index in [2.05, 4.69) is 15.3 Å². The molecular formula is C17H21N3O2S. The van der Waals surface area contributed by atoms with Crippen LogP contribution in [0.1, 0.15) is 29.1 Å². The molecule has 1 spiro atoms. The lowest BCUT2D eigenvalue weighted by atomic mass is 9.86. The van der Waals surface area contributed by atoms with Crippen LogP contribution in [0.4, 0.5) is 0 Å². The lowest BCUT2D eigenvalue weighted by molar-refractivity contribution is -0.128. The van der Waals surface area contributed by atoms with Gasteiger partial charge < -0.3 is 9.32 Å². The number of likely N-dealkylation sites (tertiary alicyclic amines) is 2. The monoisotopic (exact) mass is 331 g/mol. The first-order valence-electron chi connectivity index (χ1n) is 8.04. The van der Waals surface area contributed by atoms with Crippen molar-refractivity contribution in [2.24, 2.45) is 5.41 Å². The minimum Gasteiger partial charge on any atom is -0.472 e. The molecule has 122 valence electrons. The second-order valence-corrected chi connectivity index (χ2v) is 7.94. The highest BCUT2D eigenvalue weighted by molar-refractivity contribution is 7.09. The summed E-state index contributed by atoms with van der Waals surface area (Å²) in [4.78, 5) is 21.4. The number of aryl methyl sites for hydroxylation is 1. The second kappa shape index (κ2) is 5.76. The van der Waals surface area contributed by atoms with E-state index in [1.807, 2.05) is 24.2 Å². The van der Waals surface area contributed by atoms with Crippen LogP contribution in [0.5, 0.6) is 0 Å². The first-order valence-corrected chi connectivity index (χ1v) is 8.92. The van der Waals surface area contributed by atoms with E-state index in [9.17, 15) is 4.79 Å². The van der Waals surface area contributed by atoms with Crippen LogP contribution < -0.4 is 0 Å². The average molecular weight is 331 g/mol. The molecule has 0 radical (unpaired) electrons.